The van der Waals surface area contributed by atoms with Gasteiger partial charge in [0.15, 0.2) is 0 Å². The minimum Gasteiger partial charge on any atom is -0.384 e. The maximum Gasteiger partial charge on any atom is 0.251 e. The topological polar surface area (TPSA) is 71.2 Å². The van der Waals surface area contributed by atoms with Crippen molar-refractivity contribution in [1.29, 1.82) is 0 Å². The fourth-order valence-corrected chi connectivity index (χ4v) is 3.07. The summed E-state index contributed by atoms with van der Waals surface area (Å²) in [6.07, 6.45) is 5.54. The number of aryl methyl sites for hydroxylation is 1. The third-order valence-corrected chi connectivity index (χ3v) is 4.28. The van der Waals surface area contributed by atoms with Crippen LogP contribution in [0.3, 0.4) is 0 Å². The number of carbonyl (C=O) groups is 1. The zero-order chi connectivity index (χ0) is 14.8. The minimum atomic E-state index is -0.0240. The zero-order valence-electron chi connectivity index (χ0n) is 12.6. The van der Waals surface area contributed by atoms with Crippen molar-refractivity contribution in [3.63, 3.8) is 0 Å². The molecule has 1 aliphatic carbocycles. The molecule has 3 rings (SSSR count). The monoisotopic (exact) mass is 288 g/mol. The van der Waals surface area contributed by atoms with Crippen molar-refractivity contribution in [3.05, 3.63) is 23.4 Å². The Labute approximate surface area is 125 Å². The first kappa shape index (κ1) is 14.3. The van der Waals surface area contributed by atoms with Crippen molar-refractivity contribution in [1.82, 2.24) is 15.2 Å². The normalized spacial score (nSPS) is 22.4. The third-order valence-electron chi connectivity index (χ3n) is 4.28. The van der Waals surface area contributed by atoms with E-state index in [4.69, 9.17) is 5.73 Å². The number of nitrogen functional groups attached to an aromatic ring is 1. The molecule has 1 saturated carbocycles. The van der Waals surface area contributed by atoms with Gasteiger partial charge in [0.25, 0.3) is 5.91 Å². The Kier molecular flexibility index (Phi) is 4.10. The van der Waals surface area contributed by atoms with E-state index in [1.54, 1.807) is 6.07 Å². The van der Waals surface area contributed by atoms with Gasteiger partial charge in [0, 0.05) is 36.4 Å². The van der Waals surface area contributed by atoms with Crippen molar-refractivity contribution >= 4 is 11.7 Å². The van der Waals surface area contributed by atoms with E-state index < -0.39 is 0 Å². The van der Waals surface area contributed by atoms with Gasteiger partial charge in [0.2, 0.25) is 0 Å². The van der Waals surface area contributed by atoms with Gasteiger partial charge in [-0.25, -0.2) is 4.98 Å². The van der Waals surface area contributed by atoms with Crippen molar-refractivity contribution in [2.45, 2.75) is 51.1 Å². The van der Waals surface area contributed by atoms with Crippen LogP contribution in [0.5, 0.6) is 0 Å². The molecule has 1 aliphatic heterocycles. The van der Waals surface area contributed by atoms with Crippen LogP contribution < -0.4 is 11.1 Å². The summed E-state index contributed by atoms with van der Waals surface area (Å²) in [5.41, 5.74) is 7.34. The Bertz CT molecular complexity index is 527. The van der Waals surface area contributed by atoms with Gasteiger partial charge in [-0.1, -0.05) is 13.3 Å². The number of nitrogens with one attached hydrogen (secondary N) is 1. The first-order valence-corrected chi connectivity index (χ1v) is 7.97. The Morgan fingerprint density at radius 2 is 2.24 bits per heavy atom. The third kappa shape index (κ3) is 3.53. The molecule has 1 saturated heterocycles. The van der Waals surface area contributed by atoms with E-state index in [1.165, 1.54) is 12.8 Å². The second kappa shape index (κ2) is 6.02. The summed E-state index contributed by atoms with van der Waals surface area (Å²) in [6.45, 7) is 4.18. The highest BCUT2D eigenvalue weighted by Crippen LogP contribution is 2.29. The predicted octanol–water partition coefficient (Wildman–Crippen LogP) is 1.58. The smallest absolute Gasteiger partial charge is 0.251 e. The Morgan fingerprint density at radius 1 is 1.43 bits per heavy atom. The standard InChI is InChI=1S/C16H24N4O/c1-2-3-12-8-11(9-15(17)18-12)16(21)19-13-6-7-20(10-13)14-4-5-14/h8-9,13-14H,2-7,10H2,1H3,(H2,17,18)(H,19,21). The van der Waals surface area contributed by atoms with Crippen molar-refractivity contribution in [2.75, 3.05) is 18.8 Å². The SMILES string of the molecule is CCCc1cc(C(=O)NC2CCN(C3CC3)C2)cc(N)n1. The number of amides is 1. The van der Waals surface area contributed by atoms with Gasteiger partial charge in [-0.15, -0.1) is 0 Å². The lowest BCUT2D eigenvalue weighted by Gasteiger charge is -2.16. The summed E-state index contributed by atoms with van der Waals surface area (Å²) >= 11 is 0. The lowest BCUT2D eigenvalue weighted by molar-refractivity contribution is 0.0937. The van der Waals surface area contributed by atoms with Crippen LogP contribution in [0.4, 0.5) is 5.82 Å². The molecule has 2 heterocycles. The highest BCUT2D eigenvalue weighted by atomic mass is 16.1. The number of carbonyl (C=O) groups excluding carboxylic acids is 1. The Morgan fingerprint density at radius 3 is 2.95 bits per heavy atom. The van der Waals surface area contributed by atoms with Crippen LogP contribution in [0.1, 0.15) is 48.7 Å². The summed E-state index contributed by atoms with van der Waals surface area (Å²) in [4.78, 5) is 19.2. The molecule has 1 unspecified atom stereocenters. The summed E-state index contributed by atoms with van der Waals surface area (Å²) < 4.78 is 0. The number of rotatable bonds is 5. The van der Waals surface area contributed by atoms with E-state index in [1.807, 2.05) is 6.07 Å². The molecule has 3 N–H and O–H groups in total. The molecule has 0 spiro atoms. The number of pyridine rings is 1. The molecule has 5 heteroatoms. The van der Waals surface area contributed by atoms with Crippen LogP contribution in [0, 0.1) is 0 Å². The van der Waals surface area contributed by atoms with Crippen LogP contribution in [-0.4, -0.2) is 41.0 Å². The molecule has 5 nitrogen and oxygen atoms in total. The number of likely N-dealkylation sites (tertiary alicyclic amines) is 1. The van der Waals surface area contributed by atoms with Gasteiger partial charge in [-0.3, -0.25) is 9.69 Å². The first-order valence-electron chi connectivity index (χ1n) is 7.97. The van der Waals surface area contributed by atoms with Crippen LogP contribution in [0.15, 0.2) is 12.1 Å². The number of nitrogens with two attached hydrogens (primary N) is 1. The summed E-state index contributed by atoms with van der Waals surface area (Å²) in [5.74, 6) is 0.404. The fraction of sp³-hybridized carbons (Fsp3) is 0.625. The summed E-state index contributed by atoms with van der Waals surface area (Å²) in [5, 5.41) is 3.14. The lowest BCUT2D eigenvalue weighted by Crippen LogP contribution is -2.37. The lowest BCUT2D eigenvalue weighted by atomic mass is 10.1. The largest absolute Gasteiger partial charge is 0.384 e. The van der Waals surface area contributed by atoms with E-state index in [0.29, 0.717) is 11.4 Å². The first-order chi connectivity index (χ1) is 10.2. The van der Waals surface area contributed by atoms with E-state index in [9.17, 15) is 4.79 Å². The molecule has 1 aromatic rings. The molecular weight excluding hydrogens is 264 g/mol. The molecule has 21 heavy (non-hydrogen) atoms. The van der Waals surface area contributed by atoms with Gasteiger partial charge in [-0.05, 0) is 37.8 Å². The molecule has 1 amide bonds. The maximum absolute atomic E-state index is 12.4. The van der Waals surface area contributed by atoms with Crippen molar-refractivity contribution in [3.8, 4) is 0 Å². The molecular formula is C16H24N4O. The zero-order valence-corrected chi connectivity index (χ0v) is 12.6. The van der Waals surface area contributed by atoms with E-state index in [2.05, 4.69) is 22.1 Å². The highest BCUT2D eigenvalue weighted by Gasteiger charge is 2.34. The van der Waals surface area contributed by atoms with Gasteiger partial charge in [0.1, 0.15) is 5.82 Å². The maximum atomic E-state index is 12.4. The molecule has 0 radical (unpaired) electrons. The number of anilines is 1. The molecule has 1 aromatic heterocycles. The van der Waals surface area contributed by atoms with E-state index >= 15 is 0 Å². The number of aromatic nitrogens is 1. The molecule has 1 atom stereocenters. The van der Waals surface area contributed by atoms with Crippen molar-refractivity contribution in [2.24, 2.45) is 0 Å². The second-order valence-electron chi connectivity index (χ2n) is 6.21. The van der Waals surface area contributed by atoms with E-state index in [-0.39, 0.29) is 11.9 Å². The molecule has 0 bridgehead atoms. The quantitative estimate of drug-likeness (QED) is 0.863. The molecule has 0 aromatic carbocycles. The summed E-state index contributed by atoms with van der Waals surface area (Å²) in [6, 6.07) is 4.58. The molecule has 2 fully saturated rings. The minimum absolute atomic E-state index is 0.0240. The molecule has 2 aliphatic rings. The highest BCUT2D eigenvalue weighted by molar-refractivity contribution is 5.95. The second-order valence-corrected chi connectivity index (χ2v) is 6.21. The van der Waals surface area contributed by atoms with E-state index in [0.717, 1.165) is 44.1 Å². The van der Waals surface area contributed by atoms with Crippen LogP contribution >= 0.6 is 0 Å². The Hall–Kier alpha value is -1.62. The Balaban J connectivity index is 1.62. The van der Waals surface area contributed by atoms with Crippen LogP contribution in [-0.2, 0) is 6.42 Å². The van der Waals surface area contributed by atoms with Gasteiger partial charge < -0.3 is 11.1 Å². The number of nitrogens with zero attached hydrogens (tertiary/aromatic N) is 2. The summed E-state index contributed by atoms with van der Waals surface area (Å²) in [7, 11) is 0. The average Bonchev–Trinajstić information content (AvgIpc) is 3.19. The molecule has 114 valence electrons. The van der Waals surface area contributed by atoms with Gasteiger partial charge >= 0.3 is 0 Å². The predicted molar refractivity (Wildman–Crippen MR) is 83.1 cm³/mol. The fourth-order valence-electron chi connectivity index (χ4n) is 3.07. The van der Waals surface area contributed by atoms with Crippen LogP contribution in [0.2, 0.25) is 0 Å². The van der Waals surface area contributed by atoms with Crippen molar-refractivity contribution < 1.29 is 4.79 Å². The number of hydrogen-bond acceptors (Lipinski definition) is 4. The van der Waals surface area contributed by atoms with Crippen LogP contribution in [0.25, 0.3) is 0 Å². The average molecular weight is 288 g/mol. The van der Waals surface area contributed by atoms with Gasteiger partial charge in [0.05, 0.1) is 0 Å². The number of hydrogen-bond donors (Lipinski definition) is 2. The van der Waals surface area contributed by atoms with Gasteiger partial charge in [-0.2, -0.15) is 0 Å².